The molecule has 114 valence electrons. The number of nitrogens with zero attached hydrogens (tertiary/aromatic N) is 2. The molecule has 0 amide bonds. The summed E-state index contributed by atoms with van der Waals surface area (Å²) in [6.45, 7) is 5.56. The average molecular weight is 298 g/mol. The van der Waals surface area contributed by atoms with Crippen LogP contribution in [-0.2, 0) is 11.3 Å². The highest BCUT2D eigenvalue weighted by Gasteiger charge is 2.27. The summed E-state index contributed by atoms with van der Waals surface area (Å²) in [7, 11) is 2.09. The molecule has 1 fully saturated rings. The number of aromatic nitrogens is 1. The van der Waals surface area contributed by atoms with Crippen LogP contribution in [0.1, 0.15) is 56.3 Å². The van der Waals surface area contributed by atoms with Gasteiger partial charge in [-0.25, -0.2) is 4.98 Å². The predicted molar refractivity (Wildman–Crippen MR) is 81.9 cm³/mol. The van der Waals surface area contributed by atoms with Crippen molar-refractivity contribution in [2.75, 3.05) is 13.7 Å². The lowest BCUT2D eigenvalue weighted by Gasteiger charge is -2.34. The Balaban J connectivity index is 1.92. The second-order valence-electron chi connectivity index (χ2n) is 5.61. The van der Waals surface area contributed by atoms with Crippen LogP contribution in [0.4, 0.5) is 0 Å². The highest BCUT2D eigenvalue weighted by molar-refractivity contribution is 7.09. The molecule has 3 unspecified atom stereocenters. The Bertz CT molecular complexity index is 410. The molecule has 1 aliphatic rings. The molecule has 20 heavy (non-hydrogen) atoms. The van der Waals surface area contributed by atoms with E-state index in [1.54, 1.807) is 11.3 Å². The summed E-state index contributed by atoms with van der Waals surface area (Å²) >= 11 is 1.66. The van der Waals surface area contributed by atoms with E-state index in [0.717, 1.165) is 36.5 Å². The first-order valence-electron chi connectivity index (χ1n) is 7.56. The molecule has 1 N–H and O–H groups in total. The van der Waals surface area contributed by atoms with Gasteiger partial charge in [0.15, 0.2) is 0 Å². The first kappa shape index (κ1) is 15.9. The molecular weight excluding hydrogens is 272 g/mol. The van der Waals surface area contributed by atoms with Gasteiger partial charge in [0, 0.05) is 24.6 Å². The number of rotatable bonds is 6. The van der Waals surface area contributed by atoms with Gasteiger partial charge < -0.3 is 9.84 Å². The summed E-state index contributed by atoms with van der Waals surface area (Å²) in [5.41, 5.74) is 1.08. The van der Waals surface area contributed by atoms with Crippen molar-refractivity contribution in [1.29, 1.82) is 0 Å². The molecule has 0 radical (unpaired) electrons. The van der Waals surface area contributed by atoms with Gasteiger partial charge in [0.05, 0.1) is 11.8 Å². The van der Waals surface area contributed by atoms with E-state index in [4.69, 9.17) is 4.74 Å². The third kappa shape index (κ3) is 4.01. The van der Waals surface area contributed by atoms with Crippen LogP contribution in [0.5, 0.6) is 0 Å². The van der Waals surface area contributed by atoms with Crippen LogP contribution < -0.4 is 0 Å². The van der Waals surface area contributed by atoms with E-state index in [9.17, 15) is 5.11 Å². The van der Waals surface area contributed by atoms with Crippen LogP contribution in [0.25, 0.3) is 0 Å². The first-order chi connectivity index (χ1) is 9.61. The van der Waals surface area contributed by atoms with Gasteiger partial charge in [-0.3, -0.25) is 4.90 Å². The maximum atomic E-state index is 10.1. The van der Waals surface area contributed by atoms with E-state index in [0.29, 0.717) is 6.61 Å². The molecule has 0 aromatic carbocycles. The lowest BCUT2D eigenvalue weighted by atomic mass is 9.91. The van der Waals surface area contributed by atoms with Crippen molar-refractivity contribution in [2.24, 2.45) is 0 Å². The SMILES string of the molecule is CCOC(C)c1nc(CN(C)C2CCCCC2O)cs1. The summed E-state index contributed by atoms with van der Waals surface area (Å²) in [4.78, 5) is 6.90. The van der Waals surface area contributed by atoms with Gasteiger partial charge >= 0.3 is 0 Å². The van der Waals surface area contributed by atoms with Gasteiger partial charge in [-0.15, -0.1) is 11.3 Å². The van der Waals surface area contributed by atoms with Crippen molar-refractivity contribution >= 4 is 11.3 Å². The molecule has 4 nitrogen and oxygen atoms in total. The number of hydrogen-bond acceptors (Lipinski definition) is 5. The van der Waals surface area contributed by atoms with Gasteiger partial charge in [-0.1, -0.05) is 12.8 Å². The van der Waals surface area contributed by atoms with Crippen molar-refractivity contribution in [3.05, 3.63) is 16.1 Å². The molecule has 1 aromatic rings. The lowest BCUT2D eigenvalue weighted by Crippen LogP contribution is -2.42. The monoisotopic (exact) mass is 298 g/mol. The number of aliphatic hydroxyl groups is 1. The van der Waals surface area contributed by atoms with E-state index >= 15 is 0 Å². The Morgan fingerprint density at radius 1 is 1.50 bits per heavy atom. The van der Waals surface area contributed by atoms with Crippen LogP contribution in [0.15, 0.2) is 5.38 Å². The fourth-order valence-electron chi connectivity index (χ4n) is 2.88. The standard InChI is InChI=1S/C15H26N2O2S/c1-4-19-11(2)15-16-12(10-20-15)9-17(3)13-7-5-6-8-14(13)18/h10-11,13-14,18H,4-9H2,1-3H3. The summed E-state index contributed by atoms with van der Waals surface area (Å²) in [5, 5.41) is 13.3. The molecule has 2 rings (SSSR count). The quantitative estimate of drug-likeness (QED) is 0.877. The molecule has 1 aromatic heterocycles. The van der Waals surface area contributed by atoms with E-state index in [2.05, 4.69) is 22.3 Å². The molecule has 0 aliphatic heterocycles. The van der Waals surface area contributed by atoms with Gasteiger partial charge in [0.2, 0.25) is 0 Å². The zero-order chi connectivity index (χ0) is 14.5. The van der Waals surface area contributed by atoms with Gasteiger partial charge in [-0.05, 0) is 33.7 Å². The van der Waals surface area contributed by atoms with Crippen LogP contribution in [0.2, 0.25) is 0 Å². The Morgan fingerprint density at radius 3 is 2.95 bits per heavy atom. The molecular formula is C15H26N2O2S. The number of ether oxygens (including phenoxy) is 1. The molecule has 0 spiro atoms. The van der Waals surface area contributed by atoms with Crippen molar-refractivity contribution < 1.29 is 9.84 Å². The highest BCUT2D eigenvalue weighted by Crippen LogP contribution is 2.25. The fraction of sp³-hybridized carbons (Fsp3) is 0.800. The molecule has 0 bridgehead atoms. The van der Waals surface area contributed by atoms with Crippen LogP contribution >= 0.6 is 11.3 Å². The minimum Gasteiger partial charge on any atom is -0.391 e. The minimum absolute atomic E-state index is 0.0735. The largest absolute Gasteiger partial charge is 0.391 e. The van der Waals surface area contributed by atoms with E-state index in [1.165, 1.54) is 6.42 Å². The molecule has 3 atom stereocenters. The summed E-state index contributed by atoms with van der Waals surface area (Å²) in [6.07, 6.45) is 4.27. The van der Waals surface area contributed by atoms with Crippen LogP contribution in [0, 0.1) is 0 Å². The second kappa shape index (κ2) is 7.50. The van der Waals surface area contributed by atoms with Crippen LogP contribution in [0.3, 0.4) is 0 Å². The first-order valence-corrected chi connectivity index (χ1v) is 8.44. The van der Waals surface area contributed by atoms with Gasteiger partial charge in [0.1, 0.15) is 11.1 Å². The molecule has 0 saturated heterocycles. The van der Waals surface area contributed by atoms with E-state index in [-0.39, 0.29) is 18.2 Å². The number of thiazole rings is 1. The van der Waals surface area contributed by atoms with E-state index < -0.39 is 0 Å². The predicted octanol–water partition coefficient (Wildman–Crippen LogP) is 2.98. The Labute approximate surface area is 125 Å². The smallest absolute Gasteiger partial charge is 0.122 e. The maximum Gasteiger partial charge on any atom is 0.122 e. The van der Waals surface area contributed by atoms with Crippen molar-refractivity contribution in [2.45, 2.75) is 64.3 Å². The Kier molecular flexibility index (Phi) is 5.96. The second-order valence-corrected chi connectivity index (χ2v) is 6.50. The zero-order valence-corrected chi connectivity index (χ0v) is 13.5. The third-order valence-electron chi connectivity index (χ3n) is 4.01. The molecule has 1 aliphatic carbocycles. The lowest BCUT2D eigenvalue weighted by molar-refractivity contribution is 0.0282. The van der Waals surface area contributed by atoms with Crippen molar-refractivity contribution in [1.82, 2.24) is 9.88 Å². The van der Waals surface area contributed by atoms with Gasteiger partial charge in [-0.2, -0.15) is 0 Å². The number of likely N-dealkylation sites (N-methyl/N-ethyl adjacent to an activating group) is 1. The summed E-state index contributed by atoms with van der Waals surface area (Å²) in [5.74, 6) is 0. The van der Waals surface area contributed by atoms with Gasteiger partial charge in [0.25, 0.3) is 0 Å². The van der Waals surface area contributed by atoms with Crippen molar-refractivity contribution in [3.8, 4) is 0 Å². The fourth-order valence-corrected chi connectivity index (χ4v) is 3.70. The normalized spacial score (nSPS) is 25.1. The average Bonchev–Trinajstić information content (AvgIpc) is 2.88. The molecule has 1 saturated carbocycles. The summed E-state index contributed by atoms with van der Waals surface area (Å²) < 4.78 is 5.57. The summed E-state index contributed by atoms with van der Waals surface area (Å²) in [6, 6.07) is 0.276. The van der Waals surface area contributed by atoms with Crippen molar-refractivity contribution in [3.63, 3.8) is 0 Å². The third-order valence-corrected chi connectivity index (χ3v) is 5.06. The molecule has 5 heteroatoms. The number of aliphatic hydroxyl groups excluding tert-OH is 1. The molecule has 1 heterocycles. The number of hydrogen-bond donors (Lipinski definition) is 1. The topological polar surface area (TPSA) is 45.6 Å². The van der Waals surface area contributed by atoms with Crippen LogP contribution in [-0.4, -0.2) is 40.8 Å². The Hall–Kier alpha value is -0.490. The zero-order valence-electron chi connectivity index (χ0n) is 12.7. The van der Waals surface area contributed by atoms with E-state index in [1.807, 2.05) is 13.8 Å². The maximum absolute atomic E-state index is 10.1. The Morgan fingerprint density at radius 2 is 2.25 bits per heavy atom. The minimum atomic E-state index is -0.186. The highest BCUT2D eigenvalue weighted by atomic mass is 32.1.